The molecule has 2 aromatic rings. The van der Waals surface area contributed by atoms with Crippen molar-refractivity contribution in [1.29, 1.82) is 0 Å². The number of nitrogens with zero attached hydrogens (tertiary/aromatic N) is 2. The molecular weight excluding hydrogens is 316 g/mol. The fourth-order valence-electron chi connectivity index (χ4n) is 1.64. The third kappa shape index (κ3) is 2.44. The normalized spacial score (nSPS) is 10.6. The van der Waals surface area contributed by atoms with Crippen molar-refractivity contribution in [2.24, 2.45) is 0 Å². The van der Waals surface area contributed by atoms with Crippen LogP contribution in [0.15, 0.2) is 4.47 Å². The molecule has 0 fully saturated rings. The quantitative estimate of drug-likeness (QED) is 0.891. The number of hydrogen-bond acceptors (Lipinski definition) is 3. The van der Waals surface area contributed by atoms with Gasteiger partial charge in [0, 0.05) is 0 Å². The van der Waals surface area contributed by atoms with Gasteiger partial charge in [-0.2, -0.15) is 5.10 Å². The maximum absolute atomic E-state index is 11.1. The summed E-state index contributed by atoms with van der Waals surface area (Å²) in [6, 6.07) is 0. The van der Waals surface area contributed by atoms with Gasteiger partial charge in [0.15, 0.2) is 0 Å². The molecule has 0 bridgehead atoms. The highest BCUT2D eigenvalue weighted by atomic mass is 79.9. The fourth-order valence-corrected chi connectivity index (χ4v) is 3.30. The molecule has 0 aliphatic rings. The number of aromatic nitrogens is 2. The van der Waals surface area contributed by atoms with Gasteiger partial charge >= 0.3 is 5.97 Å². The Balaban J connectivity index is 0.000000771. The predicted molar refractivity (Wildman–Crippen MR) is 77.9 cm³/mol. The van der Waals surface area contributed by atoms with Gasteiger partial charge in [-0.3, -0.25) is 0 Å². The van der Waals surface area contributed by atoms with E-state index in [9.17, 15) is 4.79 Å². The standard InChI is InChI=1S/C10H11BrN2O2S.C2H6/c1-4(2)7-8(10(14)15)16-9-6(11)5(3)12-13(7)9;1-2/h4H,1-3H3,(H,14,15);1-2H3. The molecule has 0 atom stereocenters. The second-order valence-electron chi connectivity index (χ2n) is 3.89. The minimum absolute atomic E-state index is 0.131. The third-order valence-electron chi connectivity index (χ3n) is 2.35. The van der Waals surface area contributed by atoms with Crippen LogP contribution in [0, 0.1) is 6.92 Å². The summed E-state index contributed by atoms with van der Waals surface area (Å²) < 4.78 is 2.62. The zero-order chi connectivity index (χ0) is 14.0. The van der Waals surface area contributed by atoms with Crippen LogP contribution < -0.4 is 0 Å². The van der Waals surface area contributed by atoms with Gasteiger partial charge in [-0.1, -0.05) is 27.7 Å². The average Bonchev–Trinajstić information content (AvgIpc) is 2.80. The predicted octanol–water partition coefficient (Wildman–Crippen LogP) is 4.31. The molecule has 6 heteroatoms. The number of thiazole rings is 1. The summed E-state index contributed by atoms with van der Waals surface area (Å²) in [6.07, 6.45) is 0. The Labute approximate surface area is 119 Å². The average molecular weight is 333 g/mol. The third-order valence-corrected chi connectivity index (χ3v) is 4.72. The maximum Gasteiger partial charge on any atom is 0.347 e. The van der Waals surface area contributed by atoms with Crippen LogP contribution in [-0.4, -0.2) is 20.7 Å². The molecule has 2 aromatic heterocycles. The number of halogens is 1. The van der Waals surface area contributed by atoms with E-state index in [1.807, 2.05) is 34.6 Å². The topological polar surface area (TPSA) is 54.6 Å². The molecule has 100 valence electrons. The minimum atomic E-state index is -0.885. The maximum atomic E-state index is 11.1. The SMILES string of the molecule is CC.Cc1nn2c(C(C)C)c(C(=O)O)sc2c1Br. The Hall–Kier alpha value is -0.880. The molecule has 0 spiro atoms. The van der Waals surface area contributed by atoms with E-state index in [0.29, 0.717) is 4.88 Å². The van der Waals surface area contributed by atoms with Crippen LogP contribution in [-0.2, 0) is 0 Å². The van der Waals surface area contributed by atoms with Crippen molar-refractivity contribution in [2.45, 2.75) is 40.5 Å². The Morgan fingerprint density at radius 2 is 2.00 bits per heavy atom. The number of carboxylic acids is 1. The Bertz CT molecular complexity index is 572. The van der Waals surface area contributed by atoms with Crippen LogP contribution in [0.25, 0.3) is 4.83 Å². The molecule has 0 aromatic carbocycles. The lowest BCUT2D eigenvalue weighted by molar-refractivity contribution is 0.0700. The molecule has 2 rings (SSSR count). The zero-order valence-electron chi connectivity index (χ0n) is 11.1. The number of carboxylic acid groups (broad SMARTS) is 1. The summed E-state index contributed by atoms with van der Waals surface area (Å²) in [7, 11) is 0. The lowest BCUT2D eigenvalue weighted by atomic mass is 10.1. The van der Waals surface area contributed by atoms with Crippen LogP contribution >= 0.6 is 27.3 Å². The van der Waals surface area contributed by atoms with E-state index < -0.39 is 5.97 Å². The molecular formula is C12H17BrN2O2S. The fraction of sp³-hybridized carbons (Fsp3) is 0.500. The lowest BCUT2D eigenvalue weighted by Crippen LogP contribution is -2.04. The molecule has 0 aliphatic carbocycles. The number of aryl methyl sites for hydroxylation is 1. The summed E-state index contributed by atoms with van der Waals surface area (Å²) >= 11 is 4.69. The summed E-state index contributed by atoms with van der Waals surface area (Å²) in [4.78, 5) is 12.4. The van der Waals surface area contributed by atoms with E-state index in [1.54, 1.807) is 4.52 Å². The molecule has 0 aliphatic heterocycles. The number of rotatable bonds is 2. The number of aromatic carboxylic acids is 1. The van der Waals surface area contributed by atoms with E-state index >= 15 is 0 Å². The van der Waals surface area contributed by atoms with Crippen molar-refractivity contribution in [3.05, 3.63) is 20.7 Å². The molecule has 0 amide bonds. The Morgan fingerprint density at radius 1 is 1.44 bits per heavy atom. The molecule has 0 radical (unpaired) electrons. The highest BCUT2D eigenvalue weighted by molar-refractivity contribution is 9.10. The lowest BCUT2D eigenvalue weighted by Gasteiger charge is -2.03. The first-order chi connectivity index (χ1) is 8.43. The largest absolute Gasteiger partial charge is 0.477 e. The first kappa shape index (κ1) is 15.2. The van der Waals surface area contributed by atoms with E-state index in [1.165, 1.54) is 11.3 Å². The monoisotopic (exact) mass is 332 g/mol. The van der Waals surface area contributed by atoms with Crippen molar-refractivity contribution in [2.75, 3.05) is 0 Å². The van der Waals surface area contributed by atoms with Crippen molar-refractivity contribution in [1.82, 2.24) is 9.61 Å². The smallest absolute Gasteiger partial charge is 0.347 e. The van der Waals surface area contributed by atoms with Gasteiger partial charge in [0.05, 0.1) is 15.9 Å². The van der Waals surface area contributed by atoms with Crippen molar-refractivity contribution in [3.63, 3.8) is 0 Å². The summed E-state index contributed by atoms with van der Waals surface area (Å²) in [5.74, 6) is -0.755. The molecule has 1 N–H and O–H groups in total. The van der Waals surface area contributed by atoms with Gasteiger partial charge in [0.2, 0.25) is 0 Å². The van der Waals surface area contributed by atoms with E-state index in [2.05, 4.69) is 21.0 Å². The van der Waals surface area contributed by atoms with Crippen LogP contribution in [0.3, 0.4) is 0 Å². The van der Waals surface area contributed by atoms with Crippen molar-refractivity contribution in [3.8, 4) is 0 Å². The first-order valence-corrected chi connectivity index (χ1v) is 7.45. The number of hydrogen-bond donors (Lipinski definition) is 1. The van der Waals surface area contributed by atoms with Crippen LogP contribution in [0.1, 0.15) is 54.7 Å². The Morgan fingerprint density at radius 3 is 2.44 bits per heavy atom. The summed E-state index contributed by atoms with van der Waals surface area (Å²) in [5.41, 5.74) is 1.64. The molecule has 4 nitrogen and oxygen atoms in total. The van der Waals surface area contributed by atoms with Crippen LogP contribution in [0.2, 0.25) is 0 Å². The van der Waals surface area contributed by atoms with Crippen LogP contribution in [0.5, 0.6) is 0 Å². The summed E-state index contributed by atoms with van der Waals surface area (Å²) in [6.45, 7) is 9.84. The van der Waals surface area contributed by atoms with Gasteiger partial charge in [0.1, 0.15) is 9.71 Å². The molecule has 0 saturated heterocycles. The van der Waals surface area contributed by atoms with Gasteiger partial charge in [0.25, 0.3) is 0 Å². The molecule has 2 heterocycles. The second kappa shape index (κ2) is 5.84. The highest BCUT2D eigenvalue weighted by Crippen LogP contribution is 2.34. The number of carbonyl (C=O) groups is 1. The van der Waals surface area contributed by atoms with Gasteiger partial charge in [-0.05, 0) is 28.8 Å². The van der Waals surface area contributed by atoms with E-state index in [4.69, 9.17) is 5.11 Å². The van der Waals surface area contributed by atoms with Crippen molar-refractivity contribution < 1.29 is 9.90 Å². The number of fused-ring (bicyclic) bond motifs is 1. The first-order valence-electron chi connectivity index (χ1n) is 5.84. The Kier molecular flexibility index (Phi) is 4.92. The highest BCUT2D eigenvalue weighted by Gasteiger charge is 2.23. The molecule has 18 heavy (non-hydrogen) atoms. The van der Waals surface area contributed by atoms with Gasteiger partial charge in [-0.15, -0.1) is 11.3 Å². The van der Waals surface area contributed by atoms with E-state index in [-0.39, 0.29) is 5.92 Å². The van der Waals surface area contributed by atoms with Gasteiger partial charge in [-0.25, -0.2) is 9.31 Å². The van der Waals surface area contributed by atoms with Crippen molar-refractivity contribution >= 4 is 38.1 Å². The second-order valence-corrected chi connectivity index (χ2v) is 5.68. The zero-order valence-corrected chi connectivity index (χ0v) is 13.5. The van der Waals surface area contributed by atoms with Gasteiger partial charge < -0.3 is 5.11 Å². The minimum Gasteiger partial charge on any atom is -0.477 e. The molecule has 0 unspecified atom stereocenters. The van der Waals surface area contributed by atoms with E-state index in [0.717, 1.165) is 20.7 Å². The summed E-state index contributed by atoms with van der Waals surface area (Å²) in [5, 5.41) is 13.5. The van der Waals surface area contributed by atoms with Crippen LogP contribution in [0.4, 0.5) is 0 Å². The molecule has 0 saturated carbocycles.